The number of ether oxygens (including phenoxy) is 2. The van der Waals surface area contributed by atoms with Crippen molar-refractivity contribution in [1.29, 1.82) is 0 Å². The Kier molecular flexibility index (Phi) is 4.31. The van der Waals surface area contributed by atoms with Crippen LogP contribution in [0.1, 0.15) is 25.0 Å². The first-order chi connectivity index (χ1) is 11.9. The average Bonchev–Trinajstić information content (AvgIpc) is 2.54. The zero-order valence-corrected chi connectivity index (χ0v) is 14.5. The van der Waals surface area contributed by atoms with Gasteiger partial charge in [0, 0.05) is 33.0 Å². The van der Waals surface area contributed by atoms with Gasteiger partial charge in [0.1, 0.15) is 0 Å². The fourth-order valence-corrected chi connectivity index (χ4v) is 3.16. The minimum atomic E-state index is -0.471. The summed E-state index contributed by atoms with van der Waals surface area (Å²) in [4.78, 5) is 24.9. The number of fused-ring (bicyclic) bond motifs is 3. The Morgan fingerprint density at radius 2 is 1.72 bits per heavy atom. The number of anilines is 1. The quantitative estimate of drug-likeness (QED) is 0.630. The lowest BCUT2D eigenvalue weighted by Crippen LogP contribution is -2.23. The predicted octanol–water partition coefficient (Wildman–Crippen LogP) is 3.80. The Balaban J connectivity index is 2.22. The molecule has 25 heavy (non-hydrogen) atoms. The molecule has 2 aromatic rings. The molecule has 0 unspecified atom stereocenters. The molecule has 5 heteroatoms. The van der Waals surface area contributed by atoms with Crippen molar-refractivity contribution in [3.63, 3.8) is 0 Å². The third kappa shape index (κ3) is 3.13. The van der Waals surface area contributed by atoms with Crippen LogP contribution in [-0.2, 0) is 16.1 Å². The van der Waals surface area contributed by atoms with Gasteiger partial charge in [-0.2, -0.15) is 0 Å². The van der Waals surface area contributed by atoms with Gasteiger partial charge in [0.25, 0.3) is 0 Å². The highest BCUT2D eigenvalue weighted by molar-refractivity contribution is 5.90. The molecule has 3 rings (SSSR count). The zero-order valence-electron chi connectivity index (χ0n) is 14.5. The average molecular weight is 337 g/mol. The minimum Gasteiger partial charge on any atom is -0.423 e. The third-order valence-corrected chi connectivity index (χ3v) is 4.04. The number of para-hydroxylation sites is 1. The summed E-state index contributed by atoms with van der Waals surface area (Å²) in [6.07, 6.45) is 1.82. The Bertz CT molecular complexity index is 886. The number of esters is 2. The van der Waals surface area contributed by atoms with Gasteiger partial charge >= 0.3 is 11.9 Å². The molecule has 1 heterocycles. The summed E-state index contributed by atoms with van der Waals surface area (Å²) in [6, 6.07) is 9.50. The van der Waals surface area contributed by atoms with E-state index < -0.39 is 11.9 Å². The van der Waals surface area contributed by atoms with Gasteiger partial charge in [-0.3, -0.25) is 9.59 Å². The van der Waals surface area contributed by atoms with Crippen LogP contribution in [0.4, 0.5) is 5.69 Å². The molecule has 128 valence electrons. The van der Waals surface area contributed by atoms with Crippen molar-refractivity contribution < 1.29 is 19.1 Å². The second kappa shape index (κ2) is 6.43. The maximum atomic E-state index is 11.4. The van der Waals surface area contributed by atoms with E-state index in [1.54, 1.807) is 12.1 Å². The van der Waals surface area contributed by atoms with Crippen molar-refractivity contribution in [3.8, 4) is 22.6 Å². The van der Waals surface area contributed by atoms with Crippen LogP contribution in [0.3, 0.4) is 0 Å². The molecule has 0 saturated carbocycles. The Morgan fingerprint density at radius 1 is 1.08 bits per heavy atom. The largest absolute Gasteiger partial charge is 0.423 e. The molecule has 0 bridgehead atoms. The molecule has 0 N–H and O–H groups in total. The minimum absolute atomic E-state index is 0.237. The van der Waals surface area contributed by atoms with Gasteiger partial charge in [0.15, 0.2) is 11.5 Å². The smallest absolute Gasteiger partial charge is 0.308 e. The van der Waals surface area contributed by atoms with Gasteiger partial charge in [-0.1, -0.05) is 30.9 Å². The monoisotopic (exact) mass is 337 g/mol. The lowest BCUT2D eigenvalue weighted by Gasteiger charge is -2.31. The first-order valence-electron chi connectivity index (χ1n) is 7.91. The van der Waals surface area contributed by atoms with Gasteiger partial charge in [-0.25, -0.2) is 0 Å². The number of benzene rings is 2. The van der Waals surface area contributed by atoms with E-state index in [0.29, 0.717) is 6.54 Å². The zero-order chi connectivity index (χ0) is 18.1. The molecular weight excluding hydrogens is 318 g/mol. The second-order valence-corrected chi connectivity index (χ2v) is 5.95. The molecule has 1 aliphatic rings. The van der Waals surface area contributed by atoms with E-state index in [2.05, 4.69) is 11.5 Å². The van der Waals surface area contributed by atoms with Gasteiger partial charge in [0.2, 0.25) is 0 Å². The molecule has 0 atom stereocenters. The van der Waals surface area contributed by atoms with E-state index in [9.17, 15) is 9.59 Å². The SMILES string of the molecule is C=Cc1cccc2c1N(C)Cc1cc(OC(C)=O)c(OC(C)=O)cc1-2. The molecular formula is C20H19NO4. The van der Waals surface area contributed by atoms with Crippen molar-refractivity contribution in [2.75, 3.05) is 11.9 Å². The normalized spacial score (nSPS) is 12.0. The predicted molar refractivity (Wildman–Crippen MR) is 96.7 cm³/mol. The fraction of sp³-hybridized carbons (Fsp3) is 0.200. The van der Waals surface area contributed by atoms with Gasteiger partial charge in [-0.05, 0) is 28.8 Å². The van der Waals surface area contributed by atoms with Crippen LogP contribution < -0.4 is 14.4 Å². The van der Waals surface area contributed by atoms with Crippen molar-refractivity contribution >= 4 is 23.7 Å². The van der Waals surface area contributed by atoms with E-state index in [1.807, 2.05) is 31.3 Å². The first kappa shape index (κ1) is 16.8. The number of hydrogen-bond donors (Lipinski definition) is 0. The third-order valence-electron chi connectivity index (χ3n) is 4.04. The first-order valence-corrected chi connectivity index (χ1v) is 7.91. The molecule has 0 aliphatic carbocycles. The van der Waals surface area contributed by atoms with Crippen LogP contribution in [0.5, 0.6) is 11.5 Å². The number of carbonyl (C=O) groups is 2. The van der Waals surface area contributed by atoms with Crippen LogP contribution in [0.2, 0.25) is 0 Å². The fourth-order valence-electron chi connectivity index (χ4n) is 3.16. The summed E-state index contributed by atoms with van der Waals surface area (Å²) in [5.41, 5.74) is 5.05. The summed E-state index contributed by atoms with van der Waals surface area (Å²) in [5, 5.41) is 0. The van der Waals surface area contributed by atoms with E-state index in [-0.39, 0.29) is 11.5 Å². The van der Waals surface area contributed by atoms with Crippen LogP contribution >= 0.6 is 0 Å². The molecule has 5 nitrogen and oxygen atoms in total. The Hall–Kier alpha value is -3.08. The highest BCUT2D eigenvalue weighted by Crippen LogP contribution is 2.45. The summed E-state index contributed by atoms with van der Waals surface area (Å²) in [6.45, 7) is 7.15. The van der Waals surface area contributed by atoms with E-state index in [1.165, 1.54) is 13.8 Å². The summed E-state index contributed by atoms with van der Waals surface area (Å²) in [7, 11) is 2.00. The lowest BCUT2D eigenvalue weighted by atomic mass is 9.91. The lowest BCUT2D eigenvalue weighted by molar-refractivity contribution is -0.134. The van der Waals surface area contributed by atoms with Crippen LogP contribution in [0.15, 0.2) is 36.9 Å². The molecule has 0 saturated heterocycles. The summed E-state index contributed by atoms with van der Waals surface area (Å²) < 4.78 is 10.5. The molecule has 0 radical (unpaired) electrons. The highest BCUT2D eigenvalue weighted by Gasteiger charge is 2.25. The maximum Gasteiger partial charge on any atom is 0.308 e. The van der Waals surface area contributed by atoms with Crippen LogP contribution in [-0.4, -0.2) is 19.0 Å². The summed E-state index contributed by atoms with van der Waals surface area (Å²) >= 11 is 0. The van der Waals surface area contributed by atoms with Crippen molar-refractivity contribution in [3.05, 3.63) is 48.0 Å². The number of hydrogen-bond acceptors (Lipinski definition) is 5. The topological polar surface area (TPSA) is 55.8 Å². The molecule has 0 spiro atoms. The Labute approximate surface area is 146 Å². The molecule has 0 fully saturated rings. The van der Waals surface area contributed by atoms with E-state index in [0.717, 1.165) is 27.9 Å². The standard InChI is InChI=1S/C20H19NO4/c1-5-14-7-6-8-16-17-10-19(25-13(3)23)18(24-12(2)22)9-15(17)11-21(4)20(14)16/h5-10H,1,11H2,2-4H3. The molecule has 0 amide bonds. The molecule has 2 aromatic carbocycles. The van der Waals surface area contributed by atoms with Crippen molar-refractivity contribution in [2.45, 2.75) is 20.4 Å². The van der Waals surface area contributed by atoms with Crippen molar-refractivity contribution in [2.24, 2.45) is 0 Å². The Morgan fingerprint density at radius 3 is 2.32 bits per heavy atom. The summed E-state index contributed by atoms with van der Waals surface area (Å²) in [5.74, 6) is -0.452. The van der Waals surface area contributed by atoms with Gasteiger partial charge < -0.3 is 14.4 Å². The van der Waals surface area contributed by atoms with Crippen molar-refractivity contribution in [1.82, 2.24) is 0 Å². The maximum absolute atomic E-state index is 11.4. The molecule has 1 aliphatic heterocycles. The van der Waals surface area contributed by atoms with E-state index in [4.69, 9.17) is 9.47 Å². The van der Waals surface area contributed by atoms with Gasteiger partial charge in [-0.15, -0.1) is 0 Å². The molecule has 0 aromatic heterocycles. The number of rotatable bonds is 3. The number of nitrogens with zero attached hydrogens (tertiary/aromatic N) is 1. The van der Waals surface area contributed by atoms with E-state index >= 15 is 0 Å². The second-order valence-electron chi connectivity index (χ2n) is 5.95. The highest BCUT2D eigenvalue weighted by atomic mass is 16.6. The van der Waals surface area contributed by atoms with Crippen LogP contribution in [0, 0.1) is 0 Å². The van der Waals surface area contributed by atoms with Gasteiger partial charge in [0.05, 0.1) is 5.69 Å². The number of carbonyl (C=O) groups excluding carboxylic acids is 2. The van der Waals surface area contributed by atoms with Crippen LogP contribution in [0.25, 0.3) is 17.2 Å².